The third-order valence-corrected chi connectivity index (χ3v) is 5.03. The standard InChI is InChI=1S/C20H26BrN5/c1-2-22-20(25-14-18-5-3-4-11-23-18)24-13-16-10-12-26(15-16)19-8-6-17(21)7-9-19/h3-9,11,16H,2,10,12-15H2,1H3,(H2,22,24,25). The predicted octanol–water partition coefficient (Wildman–Crippen LogP) is 3.43. The van der Waals surface area contributed by atoms with Crippen LogP contribution >= 0.6 is 15.9 Å². The lowest BCUT2D eigenvalue weighted by molar-refractivity contribution is 0.565. The van der Waals surface area contributed by atoms with Crippen LogP contribution in [0.25, 0.3) is 0 Å². The second kappa shape index (κ2) is 9.57. The number of nitrogens with one attached hydrogen (secondary N) is 2. The first-order chi connectivity index (χ1) is 12.7. The van der Waals surface area contributed by atoms with Crippen LogP contribution in [0.15, 0.2) is 58.1 Å². The van der Waals surface area contributed by atoms with Gasteiger partial charge in [0, 0.05) is 42.5 Å². The summed E-state index contributed by atoms with van der Waals surface area (Å²) in [4.78, 5) is 11.4. The van der Waals surface area contributed by atoms with Crippen LogP contribution in [0.5, 0.6) is 0 Å². The average molecular weight is 416 g/mol. The van der Waals surface area contributed by atoms with Gasteiger partial charge in [-0.1, -0.05) is 22.0 Å². The Morgan fingerprint density at radius 2 is 2.08 bits per heavy atom. The fourth-order valence-electron chi connectivity index (χ4n) is 3.12. The second-order valence-corrected chi connectivity index (χ2v) is 7.39. The Bertz CT molecular complexity index is 702. The van der Waals surface area contributed by atoms with Gasteiger partial charge in [0.05, 0.1) is 12.2 Å². The summed E-state index contributed by atoms with van der Waals surface area (Å²) in [7, 11) is 0. The summed E-state index contributed by atoms with van der Waals surface area (Å²) in [6.07, 6.45) is 3.00. The quantitative estimate of drug-likeness (QED) is 0.560. The van der Waals surface area contributed by atoms with E-state index in [9.17, 15) is 0 Å². The van der Waals surface area contributed by atoms with Gasteiger partial charge < -0.3 is 15.5 Å². The van der Waals surface area contributed by atoms with Crippen LogP contribution in [0, 0.1) is 5.92 Å². The molecule has 2 N–H and O–H groups in total. The van der Waals surface area contributed by atoms with Gasteiger partial charge in [0.1, 0.15) is 0 Å². The number of aromatic nitrogens is 1. The van der Waals surface area contributed by atoms with Gasteiger partial charge >= 0.3 is 0 Å². The minimum atomic E-state index is 0.589. The summed E-state index contributed by atoms with van der Waals surface area (Å²) in [5, 5.41) is 6.81. The van der Waals surface area contributed by atoms with Crippen molar-refractivity contribution in [3.8, 4) is 0 Å². The van der Waals surface area contributed by atoms with Gasteiger partial charge in [-0.25, -0.2) is 4.99 Å². The molecule has 0 saturated carbocycles. The van der Waals surface area contributed by atoms with Gasteiger partial charge in [0.2, 0.25) is 0 Å². The third kappa shape index (κ3) is 5.46. The van der Waals surface area contributed by atoms with Crippen LogP contribution in [-0.2, 0) is 6.54 Å². The van der Waals surface area contributed by atoms with Crippen molar-refractivity contribution in [2.45, 2.75) is 19.9 Å². The maximum atomic E-state index is 4.64. The summed E-state index contributed by atoms with van der Waals surface area (Å²) in [5.41, 5.74) is 2.28. The highest BCUT2D eigenvalue weighted by Gasteiger charge is 2.22. The molecule has 1 aliphatic rings. The number of nitrogens with zero attached hydrogens (tertiary/aromatic N) is 3. The maximum absolute atomic E-state index is 4.64. The molecule has 0 radical (unpaired) electrons. The molecule has 0 amide bonds. The summed E-state index contributed by atoms with van der Waals surface area (Å²) in [6, 6.07) is 14.5. The molecule has 1 aromatic heterocycles. The number of halogens is 1. The first-order valence-electron chi connectivity index (χ1n) is 9.17. The Balaban J connectivity index is 1.50. The van der Waals surface area contributed by atoms with Crippen molar-refractivity contribution >= 4 is 27.6 Å². The minimum absolute atomic E-state index is 0.589. The van der Waals surface area contributed by atoms with Crippen molar-refractivity contribution < 1.29 is 0 Å². The number of aliphatic imine (C=N–C) groups is 1. The Labute approximate surface area is 164 Å². The Hall–Kier alpha value is -2.08. The molecule has 1 saturated heterocycles. The van der Waals surface area contributed by atoms with E-state index in [1.54, 1.807) is 6.20 Å². The molecule has 2 aromatic rings. The first-order valence-corrected chi connectivity index (χ1v) is 9.96. The number of hydrogen-bond acceptors (Lipinski definition) is 3. The van der Waals surface area contributed by atoms with Crippen LogP contribution in [0.2, 0.25) is 0 Å². The molecule has 2 heterocycles. The van der Waals surface area contributed by atoms with Gasteiger partial charge in [0.25, 0.3) is 0 Å². The van der Waals surface area contributed by atoms with Crippen LogP contribution < -0.4 is 15.5 Å². The topological polar surface area (TPSA) is 52.6 Å². The van der Waals surface area contributed by atoms with Gasteiger partial charge in [-0.3, -0.25) is 4.98 Å². The fourth-order valence-corrected chi connectivity index (χ4v) is 3.38. The lowest BCUT2D eigenvalue weighted by Crippen LogP contribution is -2.40. The summed E-state index contributed by atoms with van der Waals surface area (Å²) in [5.74, 6) is 1.48. The summed E-state index contributed by atoms with van der Waals surface area (Å²) >= 11 is 3.50. The van der Waals surface area contributed by atoms with Crippen LogP contribution in [0.3, 0.4) is 0 Å². The van der Waals surface area contributed by atoms with Gasteiger partial charge in [-0.2, -0.15) is 0 Å². The second-order valence-electron chi connectivity index (χ2n) is 6.47. The Kier molecular flexibility index (Phi) is 6.89. The normalized spacial score (nSPS) is 17.4. The Morgan fingerprint density at radius 1 is 1.23 bits per heavy atom. The summed E-state index contributed by atoms with van der Waals surface area (Å²) in [6.45, 7) is 6.64. The average Bonchev–Trinajstić information content (AvgIpc) is 3.14. The van der Waals surface area contributed by atoms with E-state index in [1.165, 1.54) is 12.1 Å². The Morgan fingerprint density at radius 3 is 2.81 bits per heavy atom. The molecule has 6 heteroatoms. The first kappa shape index (κ1) is 18.7. The number of anilines is 1. The van der Waals surface area contributed by atoms with E-state index in [0.29, 0.717) is 12.5 Å². The largest absolute Gasteiger partial charge is 0.371 e. The van der Waals surface area contributed by atoms with Crippen molar-refractivity contribution in [3.05, 3.63) is 58.8 Å². The number of pyridine rings is 1. The predicted molar refractivity (Wildman–Crippen MR) is 112 cm³/mol. The lowest BCUT2D eigenvalue weighted by Gasteiger charge is -2.19. The molecule has 26 heavy (non-hydrogen) atoms. The molecule has 3 rings (SSSR count). The van der Waals surface area contributed by atoms with Crippen LogP contribution in [0.1, 0.15) is 19.0 Å². The van der Waals surface area contributed by atoms with E-state index in [4.69, 9.17) is 0 Å². The summed E-state index contributed by atoms with van der Waals surface area (Å²) < 4.78 is 1.12. The van der Waals surface area contributed by atoms with E-state index < -0.39 is 0 Å². The molecular formula is C20H26BrN5. The number of guanidine groups is 1. The van der Waals surface area contributed by atoms with E-state index in [1.807, 2.05) is 18.2 Å². The zero-order valence-corrected chi connectivity index (χ0v) is 16.7. The van der Waals surface area contributed by atoms with E-state index in [0.717, 1.165) is 42.3 Å². The number of benzene rings is 1. The van der Waals surface area contributed by atoms with Crippen molar-refractivity contribution in [3.63, 3.8) is 0 Å². The molecule has 0 spiro atoms. The molecule has 1 fully saturated rings. The molecule has 5 nitrogen and oxygen atoms in total. The zero-order valence-electron chi connectivity index (χ0n) is 15.2. The number of hydrogen-bond donors (Lipinski definition) is 2. The van der Waals surface area contributed by atoms with E-state index in [-0.39, 0.29) is 0 Å². The van der Waals surface area contributed by atoms with Crippen LogP contribution in [0.4, 0.5) is 5.69 Å². The highest BCUT2D eigenvalue weighted by molar-refractivity contribution is 9.10. The van der Waals surface area contributed by atoms with Gasteiger partial charge in [-0.05, 0) is 55.7 Å². The highest BCUT2D eigenvalue weighted by atomic mass is 79.9. The third-order valence-electron chi connectivity index (χ3n) is 4.51. The van der Waals surface area contributed by atoms with Gasteiger partial charge in [-0.15, -0.1) is 0 Å². The monoisotopic (exact) mass is 415 g/mol. The maximum Gasteiger partial charge on any atom is 0.191 e. The van der Waals surface area contributed by atoms with Crippen molar-refractivity contribution in [2.75, 3.05) is 31.1 Å². The number of rotatable bonds is 6. The van der Waals surface area contributed by atoms with E-state index >= 15 is 0 Å². The molecule has 1 unspecified atom stereocenters. The molecule has 1 aromatic carbocycles. The minimum Gasteiger partial charge on any atom is -0.371 e. The highest BCUT2D eigenvalue weighted by Crippen LogP contribution is 2.24. The van der Waals surface area contributed by atoms with Gasteiger partial charge in [0.15, 0.2) is 5.96 Å². The molecule has 0 aliphatic carbocycles. The SMILES string of the molecule is CCNC(=NCc1ccccn1)NCC1CCN(c2ccc(Br)cc2)C1. The van der Waals surface area contributed by atoms with Crippen molar-refractivity contribution in [2.24, 2.45) is 10.9 Å². The smallest absolute Gasteiger partial charge is 0.191 e. The van der Waals surface area contributed by atoms with Crippen molar-refractivity contribution in [1.29, 1.82) is 0 Å². The molecule has 138 valence electrons. The molecule has 1 aliphatic heterocycles. The molecular weight excluding hydrogens is 390 g/mol. The fraction of sp³-hybridized carbons (Fsp3) is 0.400. The van der Waals surface area contributed by atoms with Crippen molar-refractivity contribution in [1.82, 2.24) is 15.6 Å². The molecule has 0 bridgehead atoms. The lowest BCUT2D eigenvalue weighted by atomic mass is 10.1. The van der Waals surface area contributed by atoms with E-state index in [2.05, 4.69) is 72.6 Å². The zero-order chi connectivity index (χ0) is 18.2. The van der Waals surface area contributed by atoms with Crippen LogP contribution in [-0.4, -0.2) is 37.1 Å². The molecule has 1 atom stereocenters.